The van der Waals surface area contributed by atoms with E-state index in [4.69, 9.17) is 5.11 Å². The molecule has 0 bridgehead atoms. The Bertz CT molecular complexity index is 716. The van der Waals surface area contributed by atoms with Crippen molar-refractivity contribution in [3.8, 4) is 0 Å². The highest BCUT2D eigenvalue weighted by Gasteiger charge is 2.21. The molecule has 0 saturated carbocycles. The molecular weight excluding hydrogens is 286 g/mol. The lowest BCUT2D eigenvalue weighted by atomic mass is 10.1. The molecule has 0 atom stereocenters. The molecule has 0 heterocycles. The Morgan fingerprint density at radius 1 is 1.00 bits per heavy atom. The summed E-state index contributed by atoms with van der Waals surface area (Å²) in [5.74, 6) is 0. The molecular formula is C16H19NO3S. The molecule has 4 nitrogen and oxygen atoms in total. The van der Waals surface area contributed by atoms with Crippen molar-refractivity contribution in [2.45, 2.75) is 25.3 Å². The summed E-state index contributed by atoms with van der Waals surface area (Å²) in [5.41, 5.74) is 3.35. The Kier molecular flexibility index (Phi) is 4.34. The number of hydrogen-bond donors (Lipinski definition) is 1. The van der Waals surface area contributed by atoms with E-state index in [9.17, 15) is 8.42 Å². The number of sulfonamides is 1. The first-order chi connectivity index (χ1) is 9.84. The molecule has 0 radical (unpaired) electrons. The Balaban J connectivity index is 2.41. The van der Waals surface area contributed by atoms with E-state index in [2.05, 4.69) is 0 Å². The van der Waals surface area contributed by atoms with Crippen LogP contribution in [0.5, 0.6) is 0 Å². The zero-order chi connectivity index (χ0) is 15.6. The van der Waals surface area contributed by atoms with E-state index in [0.717, 1.165) is 11.1 Å². The van der Waals surface area contributed by atoms with Gasteiger partial charge in [0.2, 0.25) is 0 Å². The second kappa shape index (κ2) is 5.87. The smallest absolute Gasteiger partial charge is 0.264 e. The van der Waals surface area contributed by atoms with Crippen LogP contribution in [0, 0.1) is 13.8 Å². The van der Waals surface area contributed by atoms with Gasteiger partial charge in [0, 0.05) is 7.05 Å². The molecule has 0 aromatic heterocycles. The summed E-state index contributed by atoms with van der Waals surface area (Å²) in [7, 11) is -2.05. The van der Waals surface area contributed by atoms with Gasteiger partial charge in [-0.15, -0.1) is 0 Å². The maximum Gasteiger partial charge on any atom is 0.264 e. The topological polar surface area (TPSA) is 57.6 Å². The second-order valence-electron chi connectivity index (χ2n) is 5.12. The van der Waals surface area contributed by atoms with E-state index in [1.165, 1.54) is 16.4 Å². The van der Waals surface area contributed by atoms with Gasteiger partial charge in [0.15, 0.2) is 0 Å². The summed E-state index contributed by atoms with van der Waals surface area (Å²) < 4.78 is 26.5. The lowest BCUT2D eigenvalue weighted by Crippen LogP contribution is -2.26. The van der Waals surface area contributed by atoms with Gasteiger partial charge in [-0.1, -0.05) is 18.2 Å². The van der Waals surface area contributed by atoms with Crippen molar-refractivity contribution in [2.75, 3.05) is 11.4 Å². The quantitative estimate of drug-likeness (QED) is 0.944. The third-order valence-corrected chi connectivity index (χ3v) is 5.13. The maximum absolute atomic E-state index is 12.6. The van der Waals surface area contributed by atoms with Gasteiger partial charge < -0.3 is 5.11 Å². The normalized spacial score (nSPS) is 11.4. The summed E-state index contributed by atoms with van der Waals surface area (Å²) in [6.45, 7) is 3.77. The molecule has 2 aromatic rings. The van der Waals surface area contributed by atoms with Gasteiger partial charge in [-0.2, -0.15) is 0 Å². The number of aryl methyl sites for hydroxylation is 2. The van der Waals surface area contributed by atoms with Crippen LogP contribution in [0.15, 0.2) is 47.4 Å². The standard InChI is InChI=1S/C16H19NO3S/c1-12-8-13(2)10-15(9-12)17(3)21(19,20)16-6-4-14(11-18)5-7-16/h4-10,18H,11H2,1-3H3. The average molecular weight is 305 g/mol. The molecule has 0 unspecified atom stereocenters. The first-order valence-corrected chi connectivity index (χ1v) is 8.05. The van der Waals surface area contributed by atoms with Crippen molar-refractivity contribution in [1.82, 2.24) is 0 Å². The molecule has 5 heteroatoms. The highest BCUT2D eigenvalue weighted by molar-refractivity contribution is 7.92. The molecule has 0 aliphatic rings. The summed E-state index contributed by atoms with van der Waals surface area (Å²) in [6.07, 6.45) is 0. The van der Waals surface area contributed by atoms with Crippen LogP contribution in [0.2, 0.25) is 0 Å². The molecule has 21 heavy (non-hydrogen) atoms. The monoisotopic (exact) mass is 305 g/mol. The van der Waals surface area contributed by atoms with Crippen molar-refractivity contribution in [2.24, 2.45) is 0 Å². The zero-order valence-corrected chi connectivity index (χ0v) is 13.2. The Hall–Kier alpha value is -1.85. The number of benzene rings is 2. The highest BCUT2D eigenvalue weighted by atomic mass is 32.2. The second-order valence-corrected chi connectivity index (χ2v) is 7.09. The molecule has 0 spiro atoms. The number of anilines is 1. The van der Waals surface area contributed by atoms with Crippen LogP contribution in [0.1, 0.15) is 16.7 Å². The maximum atomic E-state index is 12.6. The fourth-order valence-corrected chi connectivity index (χ4v) is 3.38. The van der Waals surface area contributed by atoms with Crippen molar-refractivity contribution < 1.29 is 13.5 Å². The number of aliphatic hydroxyl groups excluding tert-OH is 1. The molecule has 2 rings (SSSR count). The van der Waals surface area contributed by atoms with E-state index in [1.807, 2.05) is 32.0 Å². The summed E-state index contributed by atoms with van der Waals surface area (Å²) >= 11 is 0. The first-order valence-electron chi connectivity index (χ1n) is 6.61. The fraction of sp³-hybridized carbons (Fsp3) is 0.250. The van der Waals surface area contributed by atoms with Crippen molar-refractivity contribution in [3.05, 3.63) is 59.2 Å². The van der Waals surface area contributed by atoms with Crippen LogP contribution in [-0.2, 0) is 16.6 Å². The Morgan fingerprint density at radius 2 is 1.52 bits per heavy atom. The molecule has 0 saturated heterocycles. The molecule has 0 aliphatic carbocycles. The molecule has 112 valence electrons. The minimum Gasteiger partial charge on any atom is -0.392 e. The van der Waals surface area contributed by atoms with Gasteiger partial charge in [-0.25, -0.2) is 8.42 Å². The fourth-order valence-electron chi connectivity index (χ4n) is 2.20. The van der Waals surface area contributed by atoms with E-state index in [1.54, 1.807) is 19.2 Å². The van der Waals surface area contributed by atoms with E-state index >= 15 is 0 Å². The summed E-state index contributed by atoms with van der Waals surface area (Å²) in [5, 5.41) is 9.02. The van der Waals surface area contributed by atoms with Crippen LogP contribution in [-0.4, -0.2) is 20.6 Å². The average Bonchev–Trinajstić information content (AvgIpc) is 2.45. The van der Waals surface area contributed by atoms with Crippen LogP contribution in [0.4, 0.5) is 5.69 Å². The largest absolute Gasteiger partial charge is 0.392 e. The highest BCUT2D eigenvalue weighted by Crippen LogP contribution is 2.24. The molecule has 0 amide bonds. The van der Waals surface area contributed by atoms with E-state index in [-0.39, 0.29) is 11.5 Å². The van der Waals surface area contributed by atoms with E-state index < -0.39 is 10.0 Å². The number of aliphatic hydroxyl groups is 1. The van der Waals surface area contributed by atoms with Gasteiger partial charge in [0.1, 0.15) is 0 Å². The van der Waals surface area contributed by atoms with Crippen LogP contribution < -0.4 is 4.31 Å². The predicted molar refractivity (Wildman–Crippen MR) is 83.9 cm³/mol. The third kappa shape index (κ3) is 3.25. The van der Waals surface area contributed by atoms with Crippen LogP contribution in [0.3, 0.4) is 0 Å². The zero-order valence-electron chi connectivity index (χ0n) is 12.4. The first kappa shape index (κ1) is 15.5. The van der Waals surface area contributed by atoms with Crippen molar-refractivity contribution in [1.29, 1.82) is 0 Å². The van der Waals surface area contributed by atoms with E-state index in [0.29, 0.717) is 11.3 Å². The van der Waals surface area contributed by atoms with Gasteiger partial charge in [0.25, 0.3) is 10.0 Å². The number of hydrogen-bond acceptors (Lipinski definition) is 3. The third-order valence-electron chi connectivity index (χ3n) is 3.33. The molecule has 0 fully saturated rings. The Labute approximate surface area is 125 Å². The number of nitrogens with zero attached hydrogens (tertiary/aromatic N) is 1. The number of rotatable bonds is 4. The van der Waals surface area contributed by atoms with Crippen LogP contribution in [0.25, 0.3) is 0 Å². The lowest BCUT2D eigenvalue weighted by molar-refractivity contribution is 0.282. The van der Waals surface area contributed by atoms with Gasteiger partial charge >= 0.3 is 0 Å². The predicted octanol–water partition coefficient (Wildman–Crippen LogP) is 2.62. The van der Waals surface area contributed by atoms with Gasteiger partial charge in [0.05, 0.1) is 17.2 Å². The molecule has 1 N–H and O–H groups in total. The van der Waals surface area contributed by atoms with Crippen LogP contribution >= 0.6 is 0 Å². The van der Waals surface area contributed by atoms with Gasteiger partial charge in [-0.3, -0.25) is 4.31 Å². The Morgan fingerprint density at radius 3 is 2.00 bits per heavy atom. The molecule has 0 aliphatic heterocycles. The summed E-state index contributed by atoms with van der Waals surface area (Å²) in [6, 6.07) is 11.9. The summed E-state index contributed by atoms with van der Waals surface area (Å²) in [4.78, 5) is 0.210. The minimum atomic E-state index is -3.60. The van der Waals surface area contributed by atoms with Gasteiger partial charge in [-0.05, 0) is 54.8 Å². The lowest BCUT2D eigenvalue weighted by Gasteiger charge is -2.20. The molecule has 2 aromatic carbocycles. The SMILES string of the molecule is Cc1cc(C)cc(N(C)S(=O)(=O)c2ccc(CO)cc2)c1. The minimum absolute atomic E-state index is 0.104. The van der Waals surface area contributed by atoms with Crippen molar-refractivity contribution >= 4 is 15.7 Å². The van der Waals surface area contributed by atoms with Crippen molar-refractivity contribution in [3.63, 3.8) is 0 Å².